The van der Waals surface area contributed by atoms with E-state index in [1.165, 1.54) is 16.4 Å². The van der Waals surface area contributed by atoms with E-state index in [4.69, 9.17) is 9.47 Å². The largest absolute Gasteiger partial charge is 0.454 e. The van der Waals surface area contributed by atoms with Crippen molar-refractivity contribution in [3.05, 3.63) is 18.2 Å². The zero-order chi connectivity index (χ0) is 16.7. The lowest BCUT2D eigenvalue weighted by Crippen LogP contribution is -2.36. The number of ether oxygens (including phenoxy) is 2. The first-order chi connectivity index (χ1) is 11.6. The highest BCUT2D eigenvalue weighted by atomic mass is 32.2. The van der Waals surface area contributed by atoms with Gasteiger partial charge in [-0.3, -0.25) is 14.9 Å². The zero-order valence-electron chi connectivity index (χ0n) is 12.6. The first-order valence-electron chi connectivity index (χ1n) is 7.15. The molecule has 1 atom stereocenters. The lowest BCUT2D eigenvalue weighted by molar-refractivity contribution is -0.125. The van der Waals surface area contributed by atoms with Crippen molar-refractivity contribution in [1.29, 1.82) is 0 Å². The van der Waals surface area contributed by atoms with E-state index in [0.29, 0.717) is 22.3 Å². The maximum atomic E-state index is 12.6. The van der Waals surface area contributed by atoms with E-state index in [1.54, 1.807) is 18.2 Å². The zero-order valence-corrected chi connectivity index (χ0v) is 13.4. The fourth-order valence-corrected chi connectivity index (χ4v) is 2.88. The summed E-state index contributed by atoms with van der Waals surface area (Å²) in [5.74, 6) is 0.867. The number of fused-ring (bicyclic) bond motifs is 2. The average Bonchev–Trinajstić information content (AvgIpc) is 3.19. The smallest absolute Gasteiger partial charge is 0.249 e. The van der Waals surface area contributed by atoms with Gasteiger partial charge in [-0.05, 0) is 18.4 Å². The van der Waals surface area contributed by atoms with Crippen LogP contribution in [0.1, 0.15) is 12.5 Å². The minimum Gasteiger partial charge on any atom is -0.454 e. The van der Waals surface area contributed by atoms with Crippen LogP contribution in [0.15, 0.2) is 23.4 Å². The standard InChI is InChI=1S/C14H13N5O4S/c1-24-14-17-13-16-11(20)5-8(19(13)18-14)12(21)15-7-2-3-9-10(4-7)23-6-22-9/h2-4,8H,5-6H2,1H3,(H,15,21)(H,16,17,18,20)/t8-/m1/s1. The first kappa shape index (κ1) is 14.8. The highest BCUT2D eigenvalue weighted by Gasteiger charge is 2.33. The number of aromatic nitrogens is 3. The van der Waals surface area contributed by atoms with Gasteiger partial charge in [-0.1, -0.05) is 11.8 Å². The summed E-state index contributed by atoms with van der Waals surface area (Å²) in [5.41, 5.74) is 0.557. The number of thioether (sulfide) groups is 1. The molecule has 0 saturated heterocycles. The Morgan fingerprint density at radius 2 is 2.25 bits per heavy atom. The Morgan fingerprint density at radius 3 is 3.08 bits per heavy atom. The topological polar surface area (TPSA) is 107 Å². The summed E-state index contributed by atoms with van der Waals surface area (Å²) >= 11 is 1.34. The highest BCUT2D eigenvalue weighted by molar-refractivity contribution is 7.98. The van der Waals surface area contributed by atoms with E-state index in [2.05, 4.69) is 20.7 Å². The number of carbonyl (C=O) groups is 2. The number of rotatable bonds is 3. The number of anilines is 2. The fraction of sp³-hybridized carbons (Fsp3) is 0.286. The average molecular weight is 347 g/mol. The predicted molar refractivity (Wildman–Crippen MR) is 85.3 cm³/mol. The molecule has 3 heterocycles. The number of carbonyl (C=O) groups excluding carboxylic acids is 2. The lowest BCUT2D eigenvalue weighted by atomic mass is 10.1. The van der Waals surface area contributed by atoms with Crippen molar-refractivity contribution < 1.29 is 19.1 Å². The molecule has 9 nitrogen and oxygen atoms in total. The molecule has 0 bridgehead atoms. The van der Waals surface area contributed by atoms with Crippen molar-refractivity contribution in [3.8, 4) is 11.5 Å². The second kappa shape index (κ2) is 5.71. The molecule has 4 rings (SSSR count). The monoisotopic (exact) mass is 347 g/mol. The van der Waals surface area contributed by atoms with Crippen molar-refractivity contribution in [3.63, 3.8) is 0 Å². The second-order valence-corrected chi connectivity index (χ2v) is 5.97. The van der Waals surface area contributed by atoms with Crippen molar-refractivity contribution in [2.45, 2.75) is 17.6 Å². The van der Waals surface area contributed by atoms with Gasteiger partial charge in [0.2, 0.25) is 29.7 Å². The van der Waals surface area contributed by atoms with E-state index >= 15 is 0 Å². The van der Waals surface area contributed by atoms with Crippen molar-refractivity contribution in [2.75, 3.05) is 23.7 Å². The van der Waals surface area contributed by atoms with Gasteiger partial charge in [0.25, 0.3) is 0 Å². The Labute approximate surface area is 140 Å². The van der Waals surface area contributed by atoms with E-state index in [0.717, 1.165) is 0 Å². The molecule has 0 unspecified atom stereocenters. The van der Waals surface area contributed by atoms with Crippen LogP contribution >= 0.6 is 11.8 Å². The molecule has 2 N–H and O–H groups in total. The number of hydrogen-bond acceptors (Lipinski definition) is 7. The molecule has 2 aliphatic rings. The van der Waals surface area contributed by atoms with Gasteiger partial charge in [-0.25, -0.2) is 4.68 Å². The first-order valence-corrected chi connectivity index (χ1v) is 8.37. The third kappa shape index (κ3) is 2.54. The number of amides is 2. The van der Waals surface area contributed by atoms with Gasteiger partial charge in [-0.15, -0.1) is 5.10 Å². The van der Waals surface area contributed by atoms with Crippen molar-refractivity contribution >= 4 is 35.2 Å². The Hall–Kier alpha value is -2.75. The Kier molecular flexibility index (Phi) is 3.53. The van der Waals surface area contributed by atoms with E-state index in [1.807, 2.05) is 6.26 Å². The molecule has 2 amide bonds. The van der Waals surface area contributed by atoms with Gasteiger partial charge in [-0.2, -0.15) is 4.98 Å². The van der Waals surface area contributed by atoms with Crippen LogP contribution in [0.3, 0.4) is 0 Å². The van der Waals surface area contributed by atoms with Gasteiger partial charge < -0.3 is 14.8 Å². The molecule has 124 valence electrons. The maximum absolute atomic E-state index is 12.6. The van der Waals surface area contributed by atoms with E-state index in [9.17, 15) is 9.59 Å². The second-order valence-electron chi connectivity index (χ2n) is 5.19. The Balaban J connectivity index is 1.58. The lowest BCUT2D eigenvalue weighted by Gasteiger charge is -2.22. The fourth-order valence-electron chi connectivity index (χ4n) is 2.53. The number of hydrogen-bond donors (Lipinski definition) is 2. The summed E-state index contributed by atoms with van der Waals surface area (Å²) < 4.78 is 12.0. The summed E-state index contributed by atoms with van der Waals surface area (Å²) in [4.78, 5) is 28.6. The molecule has 1 aromatic carbocycles. The number of benzene rings is 1. The number of nitrogens with one attached hydrogen (secondary N) is 2. The minimum atomic E-state index is -0.757. The van der Waals surface area contributed by atoms with Crippen LogP contribution in [0.2, 0.25) is 0 Å². The molecular weight excluding hydrogens is 334 g/mol. The molecule has 0 saturated carbocycles. The highest BCUT2D eigenvalue weighted by Crippen LogP contribution is 2.34. The van der Waals surface area contributed by atoms with Crippen LogP contribution in [0.5, 0.6) is 11.5 Å². The molecule has 10 heteroatoms. The van der Waals surface area contributed by atoms with Crippen LogP contribution in [0, 0.1) is 0 Å². The quantitative estimate of drug-likeness (QED) is 0.805. The van der Waals surface area contributed by atoms with Crippen LogP contribution in [0.25, 0.3) is 0 Å². The molecule has 0 spiro atoms. The van der Waals surface area contributed by atoms with Gasteiger partial charge >= 0.3 is 0 Å². The van der Waals surface area contributed by atoms with Gasteiger partial charge in [0.1, 0.15) is 6.04 Å². The molecular formula is C14H13N5O4S. The third-order valence-electron chi connectivity index (χ3n) is 3.66. The summed E-state index contributed by atoms with van der Waals surface area (Å²) in [6.45, 7) is 0.162. The Bertz CT molecular complexity index is 837. The van der Waals surface area contributed by atoms with Crippen molar-refractivity contribution in [1.82, 2.24) is 14.8 Å². The Morgan fingerprint density at radius 1 is 1.42 bits per heavy atom. The van der Waals surface area contributed by atoms with Crippen LogP contribution < -0.4 is 20.1 Å². The summed E-state index contributed by atoms with van der Waals surface area (Å²) in [7, 11) is 0. The van der Waals surface area contributed by atoms with E-state index in [-0.39, 0.29) is 31.0 Å². The summed E-state index contributed by atoms with van der Waals surface area (Å²) in [5, 5.41) is 10.1. The van der Waals surface area contributed by atoms with Gasteiger partial charge in [0.05, 0.1) is 6.42 Å². The SMILES string of the molecule is CSc1nc2n(n1)[C@@H](C(=O)Nc1ccc3c(c1)OCO3)CC(=O)N2. The summed E-state index contributed by atoms with van der Waals surface area (Å²) in [6, 6.07) is 4.36. The molecule has 0 radical (unpaired) electrons. The van der Waals surface area contributed by atoms with Crippen LogP contribution in [-0.2, 0) is 9.59 Å². The van der Waals surface area contributed by atoms with Gasteiger partial charge in [0.15, 0.2) is 11.5 Å². The molecule has 0 aliphatic carbocycles. The summed E-state index contributed by atoms with van der Waals surface area (Å²) in [6.07, 6.45) is 1.82. The minimum absolute atomic E-state index is 0.000562. The molecule has 0 fully saturated rings. The molecule has 2 aliphatic heterocycles. The molecule has 2 aromatic rings. The third-order valence-corrected chi connectivity index (χ3v) is 4.20. The van der Waals surface area contributed by atoms with Gasteiger partial charge in [0, 0.05) is 11.8 Å². The van der Waals surface area contributed by atoms with Crippen molar-refractivity contribution in [2.24, 2.45) is 0 Å². The number of nitrogens with zero attached hydrogens (tertiary/aromatic N) is 3. The predicted octanol–water partition coefficient (Wildman–Crippen LogP) is 1.25. The van der Waals surface area contributed by atoms with Crippen LogP contribution in [0.4, 0.5) is 11.6 Å². The molecule has 1 aromatic heterocycles. The normalized spacial score (nSPS) is 18.0. The maximum Gasteiger partial charge on any atom is 0.249 e. The van der Waals surface area contributed by atoms with E-state index < -0.39 is 6.04 Å². The van der Waals surface area contributed by atoms with Crippen LogP contribution in [-0.4, -0.2) is 39.6 Å². The molecule has 24 heavy (non-hydrogen) atoms.